The van der Waals surface area contributed by atoms with Gasteiger partial charge in [0.1, 0.15) is 0 Å². The van der Waals surface area contributed by atoms with E-state index in [-0.39, 0.29) is 16.7 Å². The molecule has 1 heterocycles. The first-order chi connectivity index (χ1) is 20.5. The number of benzene rings is 2. The Kier molecular flexibility index (Phi) is 5.91. The van der Waals surface area contributed by atoms with Crippen molar-refractivity contribution in [1.29, 1.82) is 0 Å². The zero-order valence-corrected chi connectivity index (χ0v) is 27.1. The number of dihydropyridines is 1. The van der Waals surface area contributed by atoms with Gasteiger partial charge in [0.25, 0.3) is 0 Å². The number of aliphatic imine (C=N–C) groups is 1. The lowest BCUT2D eigenvalue weighted by molar-refractivity contribution is -0.151. The lowest BCUT2D eigenvalue weighted by atomic mass is 9.64. The van der Waals surface area contributed by atoms with Gasteiger partial charge in [0, 0.05) is 32.3 Å². The van der Waals surface area contributed by atoms with Gasteiger partial charge in [-0.15, -0.1) is 0 Å². The summed E-state index contributed by atoms with van der Waals surface area (Å²) in [4.78, 5) is 5.39. The Hall–Kier alpha value is -2.75. The molecule has 8 rings (SSSR count). The third-order valence-electron chi connectivity index (χ3n) is 12.2. The average molecular weight is 574 g/mol. The number of allylic oxidation sites excluding steroid dienone is 6. The molecule has 8 unspecified atom stereocenters. The first kappa shape index (κ1) is 27.8. The number of nitrogens with zero attached hydrogens (tertiary/aromatic N) is 1. The summed E-state index contributed by atoms with van der Waals surface area (Å²) < 4.78 is 12.8. The number of ether oxygens (including phenoxy) is 2. The smallest absolute Gasteiger partial charge is 0.185 e. The number of fused-ring (bicyclic) bond motifs is 13. The lowest BCUT2D eigenvalue weighted by Gasteiger charge is -2.40. The van der Waals surface area contributed by atoms with Gasteiger partial charge < -0.3 is 9.47 Å². The van der Waals surface area contributed by atoms with Crippen molar-refractivity contribution in [3.05, 3.63) is 88.5 Å². The zero-order valence-electron chi connectivity index (χ0n) is 27.1. The van der Waals surface area contributed by atoms with E-state index in [9.17, 15) is 0 Å². The highest BCUT2D eigenvalue weighted by atomic mass is 16.7. The van der Waals surface area contributed by atoms with Crippen LogP contribution < -0.4 is 0 Å². The fourth-order valence-electron chi connectivity index (χ4n) is 10.4. The highest BCUT2D eigenvalue weighted by Crippen LogP contribution is 2.78. The van der Waals surface area contributed by atoms with Crippen molar-refractivity contribution in [1.82, 2.24) is 0 Å². The molecule has 0 spiro atoms. The number of methoxy groups -OCH3 is 2. The van der Waals surface area contributed by atoms with Crippen LogP contribution in [0.2, 0.25) is 0 Å². The molecule has 3 nitrogen and oxygen atoms in total. The van der Waals surface area contributed by atoms with Crippen LogP contribution in [0.1, 0.15) is 77.0 Å². The van der Waals surface area contributed by atoms with Crippen molar-refractivity contribution >= 4 is 22.6 Å². The van der Waals surface area contributed by atoms with Crippen LogP contribution in [-0.4, -0.2) is 32.3 Å². The number of hydrogen-bond acceptors (Lipinski definition) is 3. The molecule has 0 aromatic heterocycles. The Morgan fingerprint density at radius 1 is 1.00 bits per heavy atom. The summed E-state index contributed by atoms with van der Waals surface area (Å²) in [6.07, 6.45) is 17.2. The van der Waals surface area contributed by atoms with E-state index < -0.39 is 5.79 Å². The maximum absolute atomic E-state index is 6.38. The molecule has 1 aliphatic heterocycles. The van der Waals surface area contributed by atoms with Crippen LogP contribution in [0.25, 0.3) is 16.3 Å². The fourth-order valence-corrected chi connectivity index (χ4v) is 10.4. The maximum Gasteiger partial charge on any atom is 0.185 e. The van der Waals surface area contributed by atoms with Gasteiger partial charge in [0.15, 0.2) is 5.79 Å². The van der Waals surface area contributed by atoms with Gasteiger partial charge in [0.05, 0.1) is 17.4 Å². The van der Waals surface area contributed by atoms with Gasteiger partial charge in [-0.2, -0.15) is 0 Å². The summed E-state index contributed by atoms with van der Waals surface area (Å²) in [7, 11) is 3.65. The van der Waals surface area contributed by atoms with Gasteiger partial charge >= 0.3 is 0 Å². The largest absolute Gasteiger partial charge is 0.352 e. The number of hydrogen-bond donors (Lipinski definition) is 0. The Labute approximate surface area is 257 Å². The van der Waals surface area contributed by atoms with Gasteiger partial charge in [-0.1, -0.05) is 94.8 Å². The Bertz CT molecular complexity index is 1670. The third kappa shape index (κ3) is 3.53. The summed E-state index contributed by atoms with van der Waals surface area (Å²) >= 11 is 0. The van der Waals surface area contributed by atoms with Crippen LogP contribution in [0, 0.1) is 40.9 Å². The van der Waals surface area contributed by atoms with E-state index in [1.165, 1.54) is 44.2 Å². The van der Waals surface area contributed by atoms with Gasteiger partial charge in [0.2, 0.25) is 0 Å². The monoisotopic (exact) mass is 573 g/mol. The molecular formula is C40H47NO2. The summed E-state index contributed by atoms with van der Waals surface area (Å²) in [5.74, 6) is 2.63. The molecule has 0 bridgehead atoms. The molecule has 0 saturated heterocycles. The van der Waals surface area contributed by atoms with Gasteiger partial charge in [-0.3, -0.25) is 4.99 Å². The maximum atomic E-state index is 6.38. The van der Waals surface area contributed by atoms with Crippen molar-refractivity contribution < 1.29 is 9.47 Å². The fraction of sp³-hybridized carbons (Fsp3) is 0.525. The summed E-state index contributed by atoms with van der Waals surface area (Å²) in [6, 6.07) is 11.9. The molecule has 0 amide bonds. The second-order valence-electron chi connectivity index (χ2n) is 15.8. The summed E-state index contributed by atoms with van der Waals surface area (Å²) in [5.41, 5.74) is 8.37. The van der Waals surface area contributed by atoms with Crippen LogP contribution in [-0.2, 0) is 14.9 Å². The predicted molar refractivity (Wildman–Crippen MR) is 177 cm³/mol. The standard InChI is InChI=1S/C40H47NO2/c1-22(2)17-23-13-15-25-24(18-23)14-16-28-29(25)20-33-36(28)35-30-19-31(38(3,4)5)26-11-9-10-12-27(26)34(30)37-39(6,32(35)21-41-33)40(37,42-7)43-8/h9-16,18-19,21-22,24-25,28-29,33,36-37H,17,20H2,1-8H3. The Morgan fingerprint density at radius 3 is 2.44 bits per heavy atom. The summed E-state index contributed by atoms with van der Waals surface area (Å²) in [5, 5.41) is 2.71. The van der Waals surface area contributed by atoms with E-state index in [1.54, 1.807) is 0 Å². The van der Waals surface area contributed by atoms with E-state index >= 15 is 0 Å². The molecule has 43 heavy (non-hydrogen) atoms. The van der Waals surface area contributed by atoms with Gasteiger partial charge in [-0.25, -0.2) is 0 Å². The second kappa shape index (κ2) is 9.14. The number of rotatable bonds is 4. The van der Waals surface area contributed by atoms with E-state index in [4.69, 9.17) is 14.5 Å². The van der Waals surface area contributed by atoms with Crippen LogP contribution >= 0.6 is 0 Å². The lowest BCUT2D eigenvalue weighted by Crippen LogP contribution is -2.33. The van der Waals surface area contributed by atoms with E-state index in [1.807, 2.05) is 14.2 Å². The van der Waals surface area contributed by atoms with E-state index in [0.717, 1.165) is 12.8 Å². The Balaban J connectivity index is 1.33. The van der Waals surface area contributed by atoms with E-state index in [2.05, 4.69) is 108 Å². The molecule has 8 atom stereocenters. The minimum Gasteiger partial charge on any atom is -0.352 e. The molecule has 0 N–H and O–H groups in total. The Morgan fingerprint density at radius 2 is 1.74 bits per heavy atom. The van der Waals surface area contributed by atoms with Crippen LogP contribution in [0.3, 0.4) is 0 Å². The highest BCUT2D eigenvalue weighted by molar-refractivity contribution is 6.05. The van der Waals surface area contributed by atoms with Crippen molar-refractivity contribution in [3.63, 3.8) is 0 Å². The van der Waals surface area contributed by atoms with Gasteiger partial charge in [-0.05, 0) is 93.5 Å². The summed E-state index contributed by atoms with van der Waals surface area (Å²) in [6.45, 7) is 14.1. The normalized spacial score (nSPS) is 36.1. The van der Waals surface area contributed by atoms with Crippen LogP contribution in [0.4, 0.5) is 0 Å². The third-order valence-corrected chi connectivity index (χ3v) is 12.2. The molecule has 2 saturated carbocycles. The second-order valence-corrected chi connectivity index (χ2v) is 15.8. The van der Waals surface area contributed by atoms with Crippen LogP contribution in [0.15, 0.2) is 76.9 Å². The first-order valence-corrected chi connectivity index (χ1v) is 16.6. The molecule has 3 heteroatoms. The van der Waals surface area contributed by atoms with Crippen molar-refractivity contribution in [2.24, 2.45) is 45.9 Å². The van der Waals surface area contributed by atoms with Crippen molar-refractivity contribution in [2.45, 2.75) is 77.5 Å². The molecule has 2 aromatic carbocycles. The molecule has 0 radical (unpaired) electrons. The van der Waals surface area contributed by atoms with Crippen LogP contribution in [0.5, 0.6) is 0 Å². The molecule has 224 valence electrons. The highest BCUT2D eigenvalue weighted by Gasteiger charge is 2.81. The predicted octanol–water partition coefficient (Wildman–Crippen LogP) is 9.05. The minimum atomic E-state index is -0.696. The van der Waals surface area contributed by atoms with E-state index in [0.29, 0.717) is 41.5 Å². The minimum absolute atomic E-state index is 0.0184. The molecule has 5 aliphatic carbocycles. The zero-order chi connectivity index (χ0) is 30.1. The first-order valence-electron chi connectivity index (χ1n) is 16.6. The van der Waals surface area contributed by atoms with Crippen molar-refractivity contribution in [3.8, 4) is 0 Å². The SMILES string of the molecule is COC1(OC)C2c3c(cc(C(C)(C)C)c4ccccc34)C3=C(C=NC4CC5C6C=CC(CC(C)C)=CC6C=CC5C34)C21C. The quantitative estimate of drug-likeness (QED) is 0.270. The molecule has 2 aromatic rings. The molecular weight excluding hydrogens is 526 g/mol. The topological polar surface area (TPSA) is 30.8 Å². The average Bonchev–Trinajstić information content (AvgIpc) is 3.32. The molecule has 2 fully saturated rings. The van der Waals surface area contributed by atoms with Crippen molar-refractivity contribution in [2.75, 3.05) is 14.2 Å². The molecule has 6 aliphatic rings.